The van der Waals surface area contributed by atoms with Crippen molar-refractivity contribution in [1.29, 1.82) is 0 Å². The van der Waals surface area contributed by atoms with Crippen LogP contribution in [0.25, 0.3) is 0 Å². The molecule has 6 heteroatoms. The summed E-state index contributed by atoms with van der Waals surface area (Å²) in [5.41, 5.74) is 3.26. The van der Waals surface area contributed by atoms with Gasteiger partial charge in [-0.1, -0.05) is 12.1 Å². The number of ether oxygens (including phenoxy) is 1. The Bertz CT molecular complexity index is 675. The van der Waals surface area contributed by atoms with Crippen LogP contribution in [0.2, 0.25) is 0 Å². The molecule has 0 aromatic heterocycles. The third-order valence-corrected chi connectivity index (χ3v) is 5.24. The van der Waals surface area contributed by atoms with Crippen molar-refractivity contribution in [2.75, 3.05) is 29.9 Å². The Labute approximate surface area is 135 Å². The molecule has 3 atom stereocenters. The summed E-state index contributed by atoms with van der Waals surface area (Å²) in [4.78, 5) is 28.4. The summed E-state index contributed by atoms with van der Waals surface area (Å²) >= 11 is 0. The Balaban J connectivity index is 1.70. The van der Waals surface area contributed by atoms with Crippen LogP contribution in [0.5, 0.6) is 0 Å². The molecule has 0 unspecified atom stereocenters. The van der Waals surface area contributed by atoms with E-state index in [1.165, 1.54) is 5.56 Å². The van der Waals surface area contributed by atoms with Crippen LogP contribution >= 0.6 is 0 Å². The molecule has 0 aliphatic carbocycles. The molecule has 4 rings (SSSR count). The number of hydrogen-bond acceptors (Lipinski definition) is 4. The number of anilines is 2. The molecule has 6 nitrogen and oxygen atoms in total. The second kappa shape index (κ2) is 5.15. The fourth-order valence-corrected chi connectivity index (χ4v) is 4.22. The second-order valence-electron chi connectivity index (χ2n) is 6.42. The predicted octanol–water partition coefficient (Wildman–Crippen LogP) is 2.16. The molecule has 23 heavy (non-hydrogen) atoms. The summed E-state index contributed by atoms with van der Waals surface area (Å²) in [6.07, 6.45) is 0.620. The van der Waals surface area contributed by atoms with Crippen LogP contribution < -0.4 is 10.2 Å². The van der Waals surface area contributed by atoms with Crippen molar-refractivity contribution in [3.63, 3.8) is 0 Å². The molecule has 1 aromatic rings. The number of nitrogens with one attached hydrogen (secondary N) is 1. The number of amides is 2. The normalized spacial score (nSPS) is 28.1. The number of carbonyl (C=O) groups excluding carboxylic acids is 2. The van der Waals surface area contributed by atoms with Crippen molar-refractivity contribution >= 4 is 23.4 Å². The van der Waals surface area contributed by atoms with Crippen LogP contribution in [-0.4, -0.2) is 48.7 Å². The van der Waals surface area contributed by atoms with E-state index in [-0.39, 0.29) is 30.0 Å². The first-order valence-electron chi connectivity index (χ1n) is 8.25. The number of rotatable bonds is 1. The summed E-state index contributed by atoms with van der Waals surface area (Å²) < 4.78 is 5.15. The van der Waals surface area contributed by atoms with E-state index < -0.39 is 0 Å². The number of hydrogen-bond donors (Lipinski definition) is 1. The van der Waals surface area contributed by atoms with Crippen molar-refractivity contribution in [1.82, 2.24) is 4.90 Å². The third-order valence-electron chi connectivity index (χ3n) is 5.24. The number of nitrogens with zero attached hydrogens (tertiary/aromatic N) is 2. The van der Waals surface area contributed by atoms with Gasteiger partial charge in [-0.25, -0.2) is 4.79 Å². The molecule has 0 radical (unpaired) electrons. The fourth-order valence-electron chi connectivity index (χ4n) is 4.22. The molecular weight excluding hydrogens is 294 g/mol. The topological polar surface area (TPSA) is 61.9 Å². The van der Waals surface area contributed by atoms with Crippen molar-refractivity contribution < 1.29 is 14.3 Å². The van der Waals surface area contributed by atoms with Gasteiger partial charge in [-0.2, -0.15) is 0 Å². The van der Waals surface area contributed by atoms with Crippen LogP contribution in [0.4, 0.5) is 16.2 Å². The van der Waals surface area contributed by atoms with E-state index in [9.17, 15) is 9.59 Å². The Hall–Kier alpha value is -2.24. The molecule has 1 N–H and O–H groups in total. The van der Waals surface area contributed by atoms with Gasteiger partial charge in [0.2, 0.25) is 5.91 Å². The zero-order chi connectivity index (χ0) is 16.1. The highest BCUT2D eigenvalue weighted by Gasteiger charge is 2.48. The summed E-state index contributed by atoms with van der Waals surface area (Å²) in [6.45, 7) is 5.50. The maximum atomic E-state index is 12.2. The Morgan fingerprint density at radius 2 is 2.26 bits per heavy atom. The summed E-state index contributed by atoms with van der Waals surface area (Å²) in [6, 6.07) is 6.16. The van der Waals surface area contributed by atoms with Gasteiger partial charge in [-0.05, 0) is 31.9 Å². The first kappa shape index (κ1) is 14.4. The van der Waals surface area contributed by atoms with Gasteiger partial charge in [0, 0.05) is 25.0 Å². The lowest BCUT2D eigenvalue weighted by Gasteiger charge is -2.42. The van der Waals surface area contributed by atoms with E-state index in [0.29, 0.717) is 19.7 Å². The molecule has 0 saturated carbocycles. The minimum Gasteiger partial charge on any atom is -0.450 e. The molecule has 122 valence electrons. The van der Waals surface area contributed by atoms with Crippen LogP contribution in [0, 0.1) is 0 Å². The van der Waals surface area contributed by atoms with Crippen molar-refractivity contribution in [3.05, 3.63) is 23.8 Å². The number of benzene rings is 1. The molecule has 1 fully saturated rings. The number of para-hydroxylation sites is 1. The second-order valence-corrected chi connectivity index (χ2v) is 6.42. The molecule has 3 aliphatic rings. The van der Waals surface area contributed by atoms with E-state index in [0.717, 1.165) is 17.8 Å². The molecule has 1 saturated heterocycles. The minimum absolute atomic E-state index is 0.0446. The fraction of sp³-hybridized carbons (Fsp3) is 0.529. The lowest BCUT2D eigenvalue weighted by atomic mass is 9.89. The molecule has 3 aliphatic heterocycles. The maximum Gasteiger partial charge on any atom is 0.409 e. The molecule has 1 aromatic carbocycles. The van der Waals surface area contributed by atoms with Crippen LogP contribution in [0.15, 0.2) is 18.2 Å². The van der Waals surface area contributed by atoms with Crippen LogP contribution in [-0.2, 0) is 9.53 Å². The van der Waals surface area contributed by atoms with Gasteiger partial charge in [0.25, 0.3) is 0 Å². The Morgan fingerprint density at radius 3 is 3.04 bits per heavy atom. The van der Waals surface area contributed by atoms with Gasteiger partial charge in [0.15, 0.2) is 0 Å². The molecule has 0 spiro atoms. The van der Waals surface area contributed by atoms with Gasteiger partial charge in [0.05, 0.1) is 18.0 Å². The largest absolute Gasteiger partial charge is 0.450 e. The number of fused-ring (bicyclic) bond motifs is 3. The smallest absolute Gasteiger partial charge is 0.409 e. The highest BCUT2D eigenvalue weighted by atomic mass is 16.6. The first-order valence-corrected chi connectivity index (χ1v) is 8.25. The van der Waals surface area contributed by atoms with Crippen molar-refractivity contribution in [2.24, 2.45) is 0 Å². The van der Waals surface area contributed by atoms with Gasteiger partial charge < -0.3 is 19.9 Å². The maximum absolute atomic E-state index is 12.2. The summed E-state index contributed by atoms with van der Waals surface area (Å²) in [7, 11) is 0. The molecular formula is C17H21N3O3. The first-order chi connectivity index (χ1) is 11.1. The van der Waals surface area contributed by atoms with Gasteiger partial charge in [0.1, 0.15) is 6.04 Å². The van der Waals surface area contributed by atoms with E-state index in [1.807, 2.05) is 26.0 Å². The van der Waals surface area contributed by atoms with Gasteiger partial charge >= 0.3 is 6.09 Å². The summed E-state index contributed by atoms with van der Waals surface area (Å²) in [5, 5.41) is 3.00. The standard InChI is InChI=1S/C17H21N3O3/c1-3-23-17(22)19-8-7-14-12(9-19)11-5-4-6-13-15(11)20(14)10(2)16(21)18-13/h4-6,10,12,14H,3,7-9H2,1-2H3,(H,18,21)/t10-,12+,14-/m0/s1. The van der Waals surface area contributed by atoms with E-state index in [4.69, 9.17) is 4.74 Å². The van der Waals surface area contributed by atoms with E-state index in [2.05, 4.69) is 16.3 Å². The monoisotopic (exact) mass is 315 g/mol. The number of likely N-dealkylation sites (tertiary alicyclic amines) is 1. The lowest BCUT2D eigenvalue weighted by molar-refractivity contribution is -0.117. The Morgan fingerprint density at radius 1 is 1.43 bits per heavy atom. The highest BCUT2D eigenvalue weighted by Crippen LogP contribution is 2.50. The van der Waals surface area contributed by atoms with Crippen LogP contribution in [0.1, 0.15) is 31.7 Å². The van der Waals surface area contributed by atoms with Gasteiger partial charge in [-0.15, -0.1) is 0 Å². The van der Waals surface area contributed by atoms with E-state index >= 15 is 0 Å². The average Bonchev–Trinajstić information content (AvgIpc) is 2.88. The van der Waals surface area contributed by atoms with Crippen molar-refractivity contribution in [2.45, 2.75) is 38.3 Å². The molecule has 2 amide bonds. The quantitative estimate of drug-likeness (QED) is 0.863. The van der Waals surface area contributed by atoms with Gasteiger partial charge in [-0.3, -0.25) is 4.79 Å². The number of piperidine rings is 1. The van der Waals surface area contributed by atoms with Crippen molar-refractivity contribution in [3.8, 4) is 0 Å². The van der Waals surface area contributed by atoms with E-state index in [1.54, 1.807) is 4.90 Å². The zero-order valence-corrected chi connectivity index (χ0v) is 13.4. The Kier molecular flexibility index (Phi) is 3.21. The molecule has 3 heterocycles. The predicted molar refractivity (Wildman–Crippen MR) is 86.8 cm³/mol. The number of carbonyl (C=O) groups is 2. The SMILES string of the molecule is CCOC(=O)N1CC[C@H]2[C@H](C1)c1cccc3c1N2[C@@H](C)C(=O)N3. The van der Waals surface area contributed by atoms with Crippen LogP contribution in [0.3, 0.4) is 0 Å². The average molecular weight is 315 g/mol. The summed E-state index contributed by atoms with van der Waals surface area (Å²) in [5.74, 6) is 0.279. The third kappa shape index (κ3) is 2.00. The molecule has 0 bridgehead atoms. The highest BCUT2D eigenvalue weighted by molar-refractivity contribution is 6.05. The minimum atomic E-state index is -0.237. The lowest BCUT2D eigenvalue weighted by Crippen LogP contribution is -2.54. The zero-order valence-electron chi connectivity index (χ0n) is 13.4.